The van der Waals surface area contributed by atoms with E-state index in [1.165, 1.54) is 12.1 Å². The van der Waals surface area contributed by atoms with Crippen molar-refractivity contribution >= 4 is 0 Å². The Morgan fingerprint density at radius 3 is 2.50 bits per heavy atom. The van der Waals surface area contributed by atoms with Crippen molar-refractivity contribution < 1.29 is 9.13 Å². The number of benzene rings is 1. The Morgan fingerprint density at radius 1 is 1.25 bits per heavy atom. The van der Waals surface area contributed by atoms with E-state index in [1.807, 2.05) is 0 Å². The molecule has 1 aromatic carbocycles. The normalized spacial score (nSPS) is 10.2. The Morgan fingerprint density at radius 2 is 1.92 bits per heavy atom. The first-order valence-electron chi connectivity index (χ1n) is 3.94. The number of hydrogen-bond acceptors (Lipinski definition) is 1. The fraction of sp³-hybridized carbons (Fsp3) is 0.300. The minimum Gasteiger partial charge on any atom is -0.377 e. The van der Waals surface area contributed by atoms with Gasteiger partial charge in [-0.3, -0.25) is 0 Å². The minimum absolute atomic E-state index is 0.212. The van der Waals surface area contributed by atoms with Crippen molar-refractivity contribution in [1.29, 1.82) is 0 Å². The molecule has 65 valence electrons. The summed E-state index contributed by atoms with van der Waals surface area (Å²) in [5.41, 5.74) is 0.991. The molecule has 0 aliphatic heterocycles. The molecule has 0 bridgehead atoms. The predicted molar refractivity (Wildman–Crippen MR) is 46.0 cm³/mol. The Labute approximate surface area is 72.2 Å². The van der Waals surface area contributed by atoms with Gasteiger partial charge in [0.25, 0.3) is 0 Å². The molecule has 0 aliphatic carbocycles. The van der Waals surface area contributed by atoms with Gasteiger partial charge in [-0.2, -0.15) is 0 Å². The average molecular weight is 167 g/mol. The first kappa shape index (κ1) is 9.20. The molecule has 0 fully saturated rings. The number of rotatable bonds is 4. The second-order valence-corrected chi connectivity index (χ2v) is 2.53. The van der Waals surface area contributed by atoms with Gasteiger partial charge >= 0.3 is 0 Å². The van der Waals surface area contributed by atoms with Crippen LogP contribution in [0.4, 0.5) is 4.39 Å². The third-order valence-corrected chi connectivity index (χ3v) is 1.47. The molecule has 0 spiro atoms. The molecule has 0 N–H and O–H groups in total. The van der Waals surface area contributed by atoms with Crippen molar-refractivity contribution in [1.82, 2.24) is 0 Å². The molecule has 0 heterocycles. The van der Waals surface area contributed by atoms with Gasteiger partial charge in [0.05, 0.1) is 6.61 Å². The summed E-state index contributed by atoms with van der Waals surface area (Å²) < 4.78 is 17.6. The largest absolute Gasteiger partial charge is 0.377 e. The van der Waals surface area contributed by atoms with Gasteiger partial charge < -0.3 is 4.74 Å². The number of halogens is 1. The van der Waals surface area contributed by atoms with Gasteiger partial charge in [0.1, 0.15) is 5.82 Å². The second kappa shape index (κ2) is 4.88. The highest BCUT2D eigenvalue weighted by Gasteiger charge is 1.92. The van der Waals surface area contributed by atoms with E-state index < -0.39 is 0 Å². The van der Waals surface area contributed by atoms with Crippen molar-refractivity contribution in [2.45, 2.75) is 13.0 Å². The Bertz CT molecular complexity index is 218. The lowest BCUT2D eigenvalue weighted by Crippen LogP contribution is -1.93. The van der Waals surface area contributed by atoms with Crippen LogP contribution in [0.1, 0.15) is 12.0 Å². The maximum Gasteiger partial charge on any atom is 0.123 e. The van der Waals surface area contributed by atoms with E-state index in [9.17, 15) is 4.39 Å². The van der Waals surface area contributed by atoms with Crippen molar-refractivity contribution in [2.75, 3.05) is 6.61 Å². The van der Waals surface area contributed by atoms with E-state index in [0.29, 0.717) is 13.2 Å². The Kier molecular flexibility index (Phi) is 3.74. The third kappa shape index (κ3) is 3.01. The molecule has 0 saturated carbocycles. The maximum atomic E-state index is 12.4. The highest BCUT2D eigenvalue weighted by molar-refractivity contribution is 5.14. The van der Waals surface area contributed by atoms with Crippen LogP contribution in [0.25, 0.3) is 0 Å². The van der Waals surface area contributed by atoms with Crippen molar-refractivity contribution in [3.05, 3.63) is 42.6 Å². The molecule has 2 heteroatoms. The van der Waals surface area contributed by atoms with Crippen LogP contribution in [-0.4, -0.2) is 6.61 Å². The molecular formula is C10H12FO. The van der Waals surface area contributed by atoms with Crippen molar-refractivity contribution in [3.8, 4) is 0 Å². The summed E-state index contributed by atoms with van der Waals surface area (Å²) in [6.45, 7) is 4.83. The summed E-state index contributed by atoms with van der Waals surface area (Å²) in [7, 11) is 0. The van der Waals surface area contributed by atoms with E-state index >= 15 is 0 Å². The molecule has 1 aromatic rings. The topological polar surface area (TPSA) is 9.23 Å². The molecule has 1 rings (SSSR count). The smallest absolute Gasteiger partial charge is 0.123 e. The molecule has 1 radical (unpaired) electrons. The number of hydrogen-bond donors (Lipinski definition) is 0. The van der Waals surface area contributed by atoms with Gasteiger partial charge in [-0.1, -0.05) is 19.1 Å². The third-order valence-electron chi connectivity index (χ3n) is 1.47. The quantitative estimate of drug-likeness (QED) is 0.626. The summed E-state index contributed by atoms with van der Waals surface area (Å²) in [6, 6.07) is 6.31. The molecule has 12 heavy (non-hydrogen) atoms. The molecule has 0 aliphatic rings. The van der Waals surface area contributed by atoms with Gasteiger partial charge in [0, 0.05) is 6.61 Å². The van der Waals surface area contributed by atoms with Gasteiger partial charge in [-0.05, 0) is 24.1 Å². The van der Waals surface area contributed by atoms with Crippen LogP contribution >= 0.6 is 0 Å². The van der Waals surface area contributed by atoms with E-state index in [2.05, 4.69) is 6.92 Å². The van der Waals surface area contributed by atoms with Crippen molar-refractivity contribution in [2.24, 2.45) is 0 Å². The van der Waals surface area contributed by atoms with E-state index in [0.717, 1.165) is 12.0 Å². The standard InChI is InChI=1S/C10H12FO/c1-2-7-12-8-9-3-5-10(11)6-4-9/h3-6H,1-2,7-8H2. The second-order valence-electron chi connectivity index (χ2n) is 2.53. The highest BCUT2D eigenvalue weighted by atomic mass is 19.1. The summed E-state index contributed by atoms with van der Waals surface area (Å²) in [5, 5.41) is 0. The maximum absolute atomic E-state index is 12.4. The summed E-state index contributed by atoms with van der Waals surface area (Å²) in [5.74, 6) is -0.212. The Hall–Kier alpha value is -0.890. The molecule has 0 unspecified atom stereocenters. The van der Waals surface area contributed by atoms with Gasteiger partial charge in [-0.25, -0.2) is 4.39 Å². The van der Waals surface area contributed by atoms with Crippen LogP contribution in [-0.2, 0) is 11.3 Å². The predicted octanol–water partition coefficient (Wildman–Crippen LogP) is 2.57. The zero-order valence-electron chi connectivity index (χ0n) is 6.92. The lowest BCUT2D eigenvalue weighted by atomic mass is 10.2. The first-order valence-corrected chi connectivity index (χ1v) is 3.94. The van der Waals surface area contributed by atoms with Gasteiger partial charge in [0.15, 0.2) is 0 Å². The van der Waals surface area contributed by atoms with Gasteiger partial charge in [0.2, 0.25) is 0 Å². The molecule has 0 amide bonds. The summed E-state index contributed by atoms with van der Waals surface area (Å²) >= 11 is 0. The van der Waals surface area contributed by atoms with Crippen LogP contribution in [0.2, 0.25) is 0 Å². The fourth-order valence-corrected chi connectivity index (χ4v) is 0.873. The van der Waals surface area contributed by atoms with Crippen LogP contribution in [0, 0.1) is 12.7 Å². The van der Waals surface area contributed by atoms with Gasteiger partial charge in [-0.15, -0.1) is 0 Å². The Balaban J connectivity index is 2.37. The van der Waals surface area contributed by atoms with E-state index in [1.54, 1.807) is 12.1 Å². The monoisotopic (exact) mass is 167 g/mol. The van der Waals surface area contributed by atoms with Crippen LogP contribution in [0.15, 0.2) is 24.3 Å². The van der Waals surface area contributed by atoms with Crippen molar-refractivity contribution in [3.63, 3.8) is 0 Å². The zero-order chi connectivity index (χ0) is 8.81. The van der Waals surface area contributed by atoms with E-state index in [-0.39, 0.29) is 5.82 Å². The van der Waals surface area contributed by atoms with E-state index in [4.69, 9.17) is 4.74 Å². The zero-order valence-corrected chi connectivity index (χ0v) is 6.92. The molecular weight excluding hydrogens is 155 g/mol. The molecule has 1 nitrogen and oxygen atoms in total. The SMILES string of the molecule is [CH2]CCOCc1ccc(F)cc1. The first-order chi connectivity index (χ1) is 5.83. The average Bonchev–Trinajstić information content (AvgIpc) is 2.09. The summed E-state index contributed by atoms with van der Waals surface area (Å²) in [4.78, 5) is 0. The van der Waals surface area contributed by atoms with Crippen LogP contribution < -0.4 is 0 Å². The van der Waals surface area contributed by atoms with Crippen LogP contribution in [0.5, 0.6) is 0 Å². The minimum atomic E-state index is -0.212. The molecule has 0 saturated heterocycles. The summed E-state index contributed by atoms with van der Waals surface area (Å²) in [6.07, 6.45) is 0.765. The number of ether oxygens (including phenoxy) is 1. The molecule has 0 atom stereocenters. The highest BCUT2D eigenvalue weighted by Crippen LogP contribution is 2.03. The lowest BCUT2D eigenvalue weighted by Gasteiger charge is -2.01. The lowest BCUT2D eigenvalue weighted by molar-refractivity contribution is 0.125. The fourth-order valence-electron chi connectivity index (χ4n) is 0.873. The van der Waals surface area contributed by atoms with Crippen LogP contribution in [0.3, 0.4) is 0 Å². The molecule has 0 aromatic heterocycles.